The first kappa shape index (κ1) is 12.3. The number of anilines is 1. The third kappa shape index (κ3) is 2.28. The number of aromatic nitrogens is 1. The number of aliphatic hydroxyl groups is 1. The Bertz CT molecular complexity index is 466. The molecule has 0 aliphatic carbocycles. The summed E-state index contributed by atoms with van der Waals surface area (Å²) in [5.74, 6) is 0.0803. The average Bonchev–Trinajstić information content (AvgIpc) is 2.67. The number of hydrogen-bond donors (Lipinski definition) is 2. The molecule has 17 heavy (non-hydrogen) atoms. The van der Waals surface area contributed by atoms with Gasteiger partial charge in [-0.05, 0) is 34.5 Å². The molecule has 0 bridgehead atoms. The summed E-state index contributed by atoms with van der Waals surface area (Å²) in [6, 6.07) is 1.91. The molecule has 92 valence electrons. The molecule has 1 unspecified atom stereocenters. The Morgan fingerprint density at radius 2 is 2.41 bits per heavy atom. The Balaban J connectivity index is 2.21. The third-order valence-electron chi connectivity index (χ3n) is 3.06. The first-order valence-electron chi connectivity index (χ1n) is 5.32. The largest absolute Gasteiger partial charge is 0.378 e. The second-order valence-electron chi connectivity index (χ2n) is 4.36. The molecule has 1 aliphatic heterocycles. The number of hydrogen-bond acceptors (Lipinski definition) is 4. The number of amides is 1. The molecule has 0 spiro atoms. The summed E-state index contributed by atoms with van der Waals surface area (Å²) in [5.41, 5.74) is 4.81. The van der Waals surface area contributed by atoms with Crippen LogP contribution in [0.15, 0.2) is 16.7 Å². The van der Waals surface area contributed by atoms with Gasteiger partial charge in [0.05, 0.1) is 6.54 Å². The lowest BCUT2D eigenvalue weighted by Crippen LogP contribution is -2.46. The standard InChI is InChI=1S/C11H14BrN3O2/c1-7-4-9(14-5-8(7)12)15-3-2-11(17,6-15)10(13)16/h4-5,17H,2-3,6H2,1H3,(H2,13,16). The van der Waals surface area contributed by atoms with E-state index in [1.807, 2.05) is 17.9 Å². The van der Waals surface area contributed by atoms with E-state index in [1.54, 1.807) is 6.20 Å². The van der Waals surface area contributed by atoms with Gasteiger partial charge in [-0.3, -0.25) is 4.79 Å². The summed E-state index contributed by atoms with van der Waals surface area (Å²) in [7, 11) is 0. The van der Waals surface area contributed by atoms with Crippen molar-refractivity contribution >= 4 is 27.7 Å². The van der Waals surface area contributed by atoms with Crippen molar-refractivity contribution in [1.82, 2.24) is 4.98 Å². The first-order valence-corrected chi connectivity index (χ1v) is 6.11. The lowest BCUT2D eigenvalue weighted by atomic mass is 10.0. The van der Waals surface area contributed by atoms with Gasteiger partial charge in [-0.1, -0.05) is 0 Å². The van der Waals surface area contributed by atoms with E-state index in [1.165, 1.54) is 0 Å². The molecule has 1 saturated heterocycles. The molecule has 0 saturated carbocycles. The second-order valence-corrected chi connectivity index (χ2v) is 5.21. The zero-order chi connectivity index (χ0) is 12.6. The highest BCUT2D eigenvalue weighted by Gasteiger charge is 2.41. The highest BCUT2D eigenvalue weighted by molar-refractivity contribution is 9.10. The predicted molar refractivity (Wildman–Crippen MR) is 67.6 cm³/mol. The Labute approximate surface area is 108 Å². The number of nitrogens with two attached hydrogens (primary N) is 1. The normalized spacial score (nSPS) is 24.1. The first-order chi connectivity index (χ1) is 7.92. The van der Waals surface area contributed by atoms with E-state index in [9.17, 15) is 9.90 Å². The molecule has 0 aromatic carbocycles. The maximum absolute atomic E-state index is 11.1. The van der Waals surface area contributed by atoms with Crippen LogP contribution in [0, 0.1) is 6.92 Å². The van der Waals surface area contributed by atoms with Crippen molar-refractivity contribution < 1.29 is 9.90 Å². The minimum atomic E-state index is -1.43. The minimum Gasteiger partial charge on any atom is -0.378 e. The molecule has 6 heteroatoms. The van der Waals surface area contributed by atoms with Crippen LogP contribution in [0.1, 0.15) is 12.0 Å². The number of β-amino-alcohol motifs (C(OH)–C–C–N with tert-alkyl or cyclic N) is 1. The van der Waals surface area contributed by atoms with Crippen LogP contribution >= 0.6 is 15.9 Å². The van der Waals surface area contributed by atoms with Crippen molar-refractivity contribution in [3.63, 3.8) is 0 Å². The van der Waals surface area contributed by atoms with Crippen LogP contribution in [0.5, 0.6) is 0 Å². The summed E-state index contributed by atoms with van der Waals surface area (Å²) in [4.78, 5) is 17.3. The summed E-state index contributed by atoms with van der Waals surface area (Å²) in [6.07, 6.45) is 2.06. The van der Waals surface area contributed by atoms with Crippen molar-refractivity contribution in [2.75, 3.05) is 18.0 Å². The number of primary amides is 1. The van der Waals surface area contributed by atoms with E-state index in [2.05, 4.69) is 20.9 Å². The molecule has 2 rings (SSSR count). The summed E-state index contributed by atoms with van der Waals surface area (Å²) < 4.78 is 0.936. The zero-order valence-corrected chi connectivity index (χ0v) is 11.1. The van der Waals surface area contributed by atoms with Crippen LogP contribution in [0.4, 0.5) is 5.82 Å². The average molecular weight is 300 g/mol. The topological polar surface area (TPSA) is 79.5 Å². The zero-order valence-electron chi connectivity index (χ0n) is 9.48. The van der Waals surface area contributed by atoms with Gasteiger partial charge < -0.3 is 15.7 Å². The fourth-order valence-corrected chi connectivity index (χ4v) is 2.10. The van der Waals surface area contributed by atoms with Gasteiger partial charge in [0.25, 0.3) is 5.91 Å². The summed E-state index contributed by atoms with van der Waals surface area (Å²) >= 11 is 3.38. The molecule has 1 aromatic rings. The van der Waals surface area contributed by atoms with Crippen LogP contribution in [0.3, 0.4) is 0 Å². The van der Waals surface area contributed by atoms with Gasteiger partial charge in [-0.25, -0.2) is 4.98 Å². The smallest absolute Gasteiger partial charge is 0.251 e. The molecule has 1 atom stereocenters. The van der Waals surface area contributed by atoms with Gasteiger partial charge in [0.1, 0.15) is 5.82 Å². The Morgan fingerprint density at radius 1 is 1.71 bits per heavy atom. The van der Waals surface area contributed by atoms with Crippen molar-refractivity contribution in [2.45, 2.75) is 18.9 Å². The van der Waals surface area contributed by atoms with Crippen molar-refractivity contribution in [2.24, 2.45) is 5.73 Å². The Morgan fingerprint density at radius 3 is 2.94 bits per heavy atom. The number of aryl methyl sites for hydroxylation is 1. The highest BCUT2D eigenvalue weighted by Crippen LogP contribution is 2.27. The molecule has 0 radical (unpaired) electrons. The van der Waals surface area contributed by atoms with Gasteiger partial charge >= 0.3 is 0 Å². The fourth-order valence-electron chi connectivity index (χ4n) is 1.89. The molecule has 1 aromatic heterocycles. The van der Waals surface area contributed by atoms with Crippen LogP contribution < -0.4 is 10.6 Å². The van der Waals surface area contributed by atoms with E-state index < -0.39 is 11.5 Å². The number of pyridine rings is 1. The fraction of sp³-hybridized carbons (Fsp3) is 0.455. The highest BCUT2D eigenvalue weighted by atomic mass is 79.9. The quantitative estimate of drug-likeness (QED) is 0.837. The third-order valence-corrected chi connectivity index (χ3v) is 3.89. The van der Waals surface area contributed by atoms with Gasteiger partial charge in [0.2, 0.25) is 0 Å². The van der Waals surface area contributed by atoms with Gasteiger partial charge in [0.15, 0.2) is 5.60 Å². The molecule has 1 aliphatic rings. The Kier molecular flexibility index (Phi) is 3.09. The maximum Gasteiger partial charge on any atom is 0.251 e. The maximum atomic E-state index is 11.1. The van der Waals surface area contributed by atoms with Gasteiger partial charge in [0, 0.05) is 23.6 Å². The molecule has 2 heterocycles. The molecular formula is C11H14BrN3O2. The van der Waals surface area contributed by atoms with Crippen LogP contribution in [-0.4, -0.2) is 34.7 Å². The van der Waals surface area contributed by atoms with E-state index in [0.29, 0.717) is 13.0 Å². The lowest BCUT2D eigenvalue weighted by Gasteiger charge is -2.21. The summed E-state index contributed by atoms with van der Waals surface area (Å²) in [6.45, 7) is 2.75. The Hall–Kier alpha value is -1.14. The number of carbonyl (C=O) groups is 1. The number of carbonyl (C=O) groups excluding carboxylic acids is 1. The van der Waals surface area contributed by atoms with Crippen molar-refractivity contribution in [3.8, 4) is 0 Å². The summed E-state index contributed by atoms with van der Waals surface area (Å²) in [5, 5.41) is 9.97. The van der Waals surface area contributed by atoms with E-state index in [0.717, 1.165) is 15.9 Å². The SMILES string of the molecule is Cc1cc(N2CCC(O)(C(N)=O)C2)ncc1Br. The number of rotatable bonds is 2. The molecule has 3 N–H and O–H groups in total. The van der Waals surface area contributed by atoms with E-state index in [4.69, 9.17) is 5.73 Å². The molecule has 5 nitrogen and oxygen atoms in total. The second kappa shape index (κ2) is 4.27. The molecular weight excluding hydrogens is 286 g/mol. The number of nitrogens with zero attached hydrogens (tertiary/aromatic N) is 2. The number of halogens is 1. The van der Waals surface area contributed by atoms with E-state index in [-0.39, 0.29) is 6.54 Å². The molecule has 1 fully saturated rings. The van der Waals surface area contributed by atoms with Crippen molar-refractivity contribution in [1.29, 1.82) is 0 Å². The lowest BCUT2D eigenvalue weighted by molar-refractivity contribution is -0.134. The van der Waals surface area contributed by atoms with Gasteiger partial charge in [-0.2, -0.15) is 0 Å². The predicted octanol–water partition coefficient (Wildman–Crippen LogP) is 0.579. The van der Waals surface area contributed by atoms with Crippen molar-refractivity contribution in [3.05, 3.63) is 22.3 Å². The minimum absolute atomic E-state index is 0.205. The van der Waals surface area contributed by atoms with E-state index >= 15 is 0 Å². The molecule has 1 amide bonds. The van der Waals surface area contributed by atoms with Gasteiger partial charge in [-0.15, -0.1) is 0 Å². The van der Waals surface area contributed by atoms with Crippen LogP contribution in [0.2, 0.25) is 0 Å². The van der Waals surface area contributed by atoms with Crippen LogP contribution in [0.25, 0.3) is 0 Å². The monoisotopic (exact) mass is 299 g/mol. The van der Waals surface area contributed by atoms with Crippen LogP contribution in [-0.2, 0) is 4.79 Å².